The van der Waals surface area contributed by atoms with Crippen molar-refractivity contribution in [3.63, 3.8) is 0 Å². The highest BCUT2D eigenvalue weighted by molar-refractivity contribution is 7.71. The topological polar surface area (TPSA) is 57.4 Å². The molecule has 0 radical (unpaired) electrons. The Bertz CT molecular complexity index is 577. The minimum Gasteiger partial charge on any atom is -0.444 e. The Morgan fingerprint density at radius 3 is 2.76 bits per heavy atom. The Morgan fingerprint density at radius 1 is 1.43 bits per heavy atom. The van der Waals surface area contributed by atoms with Gasteiger partial charge in [0.2, 0.25) is 0 Å². The Labute approximate surface area is 130 Å². The number of aromatic amines is 1. The van der Waals surface area contributed by atoms with Crippen molar-refractivity contribution in [2.24, 2.45) is 0 Å². The molecule has 2 heterocycles. The van der Waals surface area contributed by atoms with Crippen LogP contribution in [0.2, 0.25) is 0 Å². The second-order valence-electron chi connectivity index (χ2n) is 6.32. The molecule has 2 rings (SSSR count). The molecule has 0 saturated carbocycles. The maximum absolute atomic E-state index is 12.4. The summed E-state index contributed by atoms with van der Waals surface area (Å²) in [5.41, 5.74) is 1.47. The highest BCUT2D eigenvalue weighted by Crippen LogP contribution is 2.25. The van der Waals surface area contributed by atoms with Crippen LogP contribution in [0, 0.1) is 11.6 Å². The summed E-state index contributed by atoms with van der Waals surface area (Å²) in [6.45, 7) is 9.64. The van der Waals surface area contributed by atoms with Crippen molar-refractivity contribution in [1.29, 1.82) is 0 Å². The molecule has 1 aliphatic rings. The maximum atomic E-state index is 12.4. The second kappa shape index (κ2) is 6.15. The van der Waals surface area contributed by atoms with Crippen LogP contribution in [0.15, 0.2) is 12.1 Å². The first kappa shape index (κ1) is 16.0. The van der Waals surface area contributed by atoms with E-state index >= 15 is 0 Å². The first-order valence-electron chi connectivity index (χ1n) is 7.18. The standard InChI is InChI=1S/C15H23N3O2S/c1-10-5-6-11(13(21)17-10)12-9-16-7-8-18(12)14(19)20-15(2,3)4/h5-6,12,16H,7-9H2,1-4H3,(H,17,21). The van der Waals surface area contributed by atoms with Crippen molar-refractivity contribution >= 4 is 18.3 Å². The van der Waals surface area contributed by atoms with Crippen molar-refractivity contribution < 1.29 is 9.53 Å². The lowest BCUT2D eigenvalue weighted by molar-refractivity contribution is 0.0117. The van der Waals surface area contributed by atoms with Crippen LogP contribution in [0.4, 0.5) is 4.79 Å². The minimum atomic E-state index is -0.497. The molecular formula is C15H23N3O2S. The highest BCUT2D eigenvalue weighted by atomic mass is 32.1. The number of H-pyrrole nitrogens is 1. The Morgan fingerprint density at radius 2 is 2.14 bits per heavy atom. The molecule has 1 unspecified atom stereocenters. The van der Waals surface area contributed by atoms with Gasteiger partial charge in [0.25, 0.3) is 0 Å². The zero-order chi connectivity index (χ0) is 15.6. The molecular weight excluding hydrogens is 286 g/mol. The van der Waals surface area contributed by atoms with Gasteiger partial charge in [-0.25, -0.2) is 4.79 Å². The lowest BCUT2D eigenvalue weighted by Gasteiger charge is -2.37. The molecule has 1 amide bonds. The number of carbonyl (C=O) groups is 1. The number of nitrogens with one attached hydrogen (secondary N) is 2. The van der Waals surface area contributed by atoms with Gasteiger partial charge in [0.05, 0.1) is 6.04 Å². The van der Waals surface area contributed by atoms with Crippen LogP contribution in [0.3, 0.4) is 0 Å². The van der Waals surface area contributed by atoms with Crippen molar-refractivity contribution in [2.45, 2.75) is 39.3 Å². The molecule has 21 heavy (non-hydrogen) atoms. The van der Waals surface area contributed by atoms with E-state index in [0.717, 1.165) is 17.8 Å². The molecule has 116 valence electrons. The molecule has 0 aliphatic carbocycles. The van der Waals surface area contributed by atoms with Gasteiger partial charge >= 0.3 is 6.09 Å². The molecule has 6 heteroatoms. The van der Waals surface area contributed by atoms with Gasteiger partial charge in [-0.15, -0.1) is 0 Å². The first-order valence-corrected chi connectivity index (χ1v) is 7.59. The summed E-state index contributed by atoms with van der Waals surface area (Å²) in [7, 11) is 0. The molecule has 1 fully saturated rings. The number of ether oxygens (including phenoxy) is 1. The highest BCUT2D eigenvalue weighted by Gasteiger charge is 2.32. The zero-order valence-electron chi connectivity index (χ0n) is 13.0. The third kappa shape index (κ3) is 4.04. The summed E-state index contributed by atoms with van der Waals surface area (Å²) in [6.07, 6.45) is -0.288. The Balaban J connectivity index is 2.27. The second-order valence-corrected chi connectivity index (χ2v) is 6.73. The molecule has 0 aromatic carbocycles. The number of nitrogens with zero attached hydrogens (tertiary/aromatic N) is 1. The molecule has 2 N–H and O–H groups in total. The number of hydrogen-bond acceptors (Lipinski definition) is 4. The third-order valence-corrected chi connectivity index (χ3v) is 3.65. The van der Waals surface area contributed by atoms with Gasteiger partial charge in [0.15, 0.2) is 0 Å². The van der Waals surface area contributed by atoms with Crippen molar-refractivity contribution in [3.8, 4) is 0 Å². The van der Waals surface area contributed by atoms with E-state index in [9.17, 15) is 4.79 Å². The Kier molecular flexibility index (Phi) is 4.68. The van der Waals surface area contributed by atoms with E-state index < -0.39 is 5.60 Å². The van der Waals surface area contributed by atoms with E-state index in [1.807, 2.05) is 39.8 Å². The van der Waals surface area contributed by atoms with E-state index in [4.69, 9.17) is 17.0 Å². The van der Waals surface area contributed by atoms with Crippen LogP contribution in [0.25, 0.3) is 0 Å². The van der Waals surface area contributed by atoms with Gasteiger partial charge in [-0.2, -0.15) is 0 Å². The fourth-order valence-electron chi connectivity index (χ4n) is 2.37. The molecule has 0 bridgehead atoms. The fourth-order valence-corrected chi connectivity index (χ4v) is 2.73. The first-order chi connectivity index (χ1) is 9.78. The average Bonchev–Trinajstić information content (AvgIpc) is 2.37. The van der Waals surface area contributed by atoms with Gasteiger partial charge in [0.1, 0.15) is 10.2 Å². The number of hydrogen-bond donors (Lipinski definition) is 2. The average molecular weight is 309 g/mol. The van der Waals surface area contributed by atoms with Crippen LogP contribution in [-0.4, -0.2) is 41.2 Å². The van der Waals surface area contributed by atoms with Crippen LogP contribution in [-0.2, 0) is 4.74 Å². The number of amides is 1. The smallest absolute Gasteiger partial charge is 0.410 e. The number of aryl methyl sites for hydroxylation is 1. The largest absolute Gasteiger partial charge is 0.444 e. The summed E-state index contributed by atoms with van der Waals surface area (Å²) in [4.78, 5) is 17.3. The summed E-state index contributed by atoms with van der Waals surface area (Å²) >= 11 is 5.41. The lowest BCUT2D eigenvalue weighted by atomic mass is 10.1. The van der Waals surface area contributed by atoms with Crippen LogP contribution < -0.4 is 5.32 Å². The van der Waals surface area contributed by atoms with Gasteiger partial charge in [0, 0.05) is 30.9 Å². The van der Waals surface area contributed by atoms with Crippen LogP contribution >= 0.6 is 12.2 Å². The van der Waals surface area contributed by atoms with Crippen molar-refractivity contribution in [3.05, 3.63) is 28.0 Å². The number of rotatable bonds is 1. The van der Waals surface area contributed by atoms with Crippen molar-refractivity contribution in [1.82, 2.24) is 15.2 Å². The summed E-state index contributed by atoms with van der Waals surface area (Å²) in [6, 6.07) is 3.87. The number of aromatic nitrogens is 1. The third-order valence-electron chi connectivity index (χ3n) is 3.32. The predicted octanol–water partition coefficient (Wildman–Crippen LogP) is 2.93. The van der Waals surface area contributed by atoms with E-state index in [1.54, 1.807) is 4.90 Å². The summed E-state index contributed by atoms with van der Waals surface area (Å²) in [5, 5.41) is 3.31. The number of piperazine rings is 1. The molecule has 1 aromatic rings. The van der Waals surface area contributed by atoms with E-state index in [-0.39, 0.29) is 12.1 Å². The number of pyridine rings is 1. The van der Waals surface area contributed by atoms with Crippen LogP contribution in [0.1, 0.15) is 38.1 Å². The molecule has 1 aromatic heterocycles. The molecule has 1 aliphatic heterocycles. The zero-order valence-corrected chi connectivity index (χ0v) is 13.8. The van der Waals surface area contributed by atoms with Crippen LogP contribution in [0.5, 0.6) is 0 Å². The summed E-state index contributed by atoms with van der Waals surface area (Å²) in [5.74, 6) is 0. The normalized spacial score (nSPS) is 19.4. The monoisotopic (exact) mass is 309 g/mol. The SMILES string of the molecule is Cc1ccc(C2CNCCN2C(=O)OC(C)(C)C)c(=S)[nH]1. The predicted molar refractivity (Wildman–Crippen MR) is 84.9 cm³/mol. The fraction of sp³-hybridized carbons (Fsp3) is 0.600. The van der Waals surface area contributed by atoms with Gasteiger partial charge < -0.3 is 15.0 Å². The molecule has 5 nitrogen and oxygen atoms in total. The lowest BCUT2D eigenvalue weighted by Crippen LogP contribution is -2.50. The minimum absolute atomic E-state index is 0.0991. The molecule has 0 spiro atoms. The van der Waals surface area contributed by atoms with Gasteiger partial charge in [-0.1, -0.05) is 18.3 Å². The van der Waals surface area contributed by atoms with Gasteiger partial charge in [-0.05, 0) is 33.8 Å². The van der Waals surface area contributed by atoms with E-state index in [0.29, 0.717) is 17.7 Å². The van der Waals surface area contributed by atoms with Crippen molar-refractivity contribution in [2.75, 3.05) is 19.6 Å². The molecule has 1 saturated heterocycles. The molecule has 1 atom stereocenters. The van der Waals surface area contributed by atoms with Gasteiger partial charge in [-0.3, -0.25) is 4.90 Å². The van der Waals surface area contributed by atoms with E-state index in [2.05, 4.69) is 10.3 Å². The number of carbonyl (C=O) groups excluding carboxylic acids is 1. The quantitative estimate of drug-likeness (QED) is 0.783. The Hall–Kier alpha value is -1.40. The summed E-state index contributed by atoms with van der Waals surface area (Å²) < 4.78 is 6.19. The van der Waals surface area contributed by atoms with E-state index in [1.165, 1.54) is 0 Å². The maximum Gasteiger partial charge on any atom is 0.410 e.